The van der Waals surface area contributed by atoms with E-state index in [9.17, 15) is 4.39 Å². The van der Waals surface area contributed by atoms with Gasteiger partial charge >= 0.3 is 0 Å². The highest BCUT2D eigenvalue weighted by molar-refractivity contribution is 7.15. The van der Waals surface area contributed by atoms with E-state index in [1.54, 1.807) is 17.4 Å². The maximum absolute atomic E-state index is 13.7. The minimum Gasteiger partial charge on any atom is -0.330 e. The zero-order chi connectivity index (χ0) is 13.9. The van der Waals surface area contributed by atoms with E-state index in [0.717, 1.165) is 22.6 Å². The van der Waals surface area contributed by atoms with Crippen molar-refractivity contribution in [3.8, 4) is 0 Å². The first-order valence-corrected chi connectivity index (χ1v) is 7.49. The van der Waals surface area contributed by atoms with Crippen molar-refractivity contribution in [2.45, 2.75) is 12.8 Å². The monoisotopic (exact) mass is 289 g/mol. The van der Waals surface area contributed by atoms with Crippen molar-refractivity contribution in [1.29, 1.82) is 0 Å². The average Bonchev–Trinajstić information content (AvgIpc) is 3.01. The van der Waals surface area contributed by atoms with Crippen LogP contribution in [0.4, 0.5) is 4.39 Å². The molecule has 5 heteroatoms. The smallest absolute Gasteiger partial charge is 0.193 e. The zero-order valence-corrected chi connectivity index (χ0v) is 11.8. The molecule has 0 fully saturated rings. The van der Waals surface area contributed by atoms with E-state index in [-0.39, 0.29) is 11.7 Å². The molecule has 0 saturated carbocycles. The highest BCUT2D eigenvalue weighted by atomic mass is 32.1. The third-order valence-electron chi connectivity index (χ3n) is 3.44. The number of hydrogen-bond donors (Lipinski definition) is 1. The van der Waals surface area contributed by atoms with Crippen molar-refractivity contribution >= 4 is 16.3 Å². The molecule has 3 aromatic rings. The second kappa shape index (κ2) is 5.73. The summed E-state index contributed by atoms with van der Waals surface area (Å²) in [5.41, 5.74) is 7.58. The van der Waals surface area contributed by atoms with Crippen molar-refractivity contribution in [2.24, 2.45) is 11.7 Å². The number of imidazole rings is 1. The summed E-state index contributed by atoms with van der Waals surface area (Å²) in [4.78, 5) is 5.54. The topological polar surface area (TPSA) is 43.3 Å². The van der Waals surface area contributed by atoms with Crippen LogP contribution < -0.4 is 5.73 Å². The molecule has 2 aromatic heterocycles. The van der Waals surface area contributed by atoms with E-state index in [0.29, 0.717) is 13.0 Å². The molecule has 2 N–H and O–H groups in total. The van der Waals surface area contributed by atoms with Gasteiger partial charge in [-0.2, -0.15) is 0 Å². The summed E-state index contributed by atoms with van der Waals surface area (Å²) in [6.45, 7) is 0.527. The first kappa shape index (κ1) is 13.3. The summed E-state index contributed by atoms with van der Waals surface area (Å²) in [6, 6.07) is 6.89. The van der Waals surface area contributed by atoms with E-state index >= 15 is 0 Å². The van der Waals surface area contributed by atoms with Crippen molar-refractivity contribution in [3.63, 3.8) is 0 Å². The van der Waals surface area contributed by atoms with Crippen LogP contribution in [0.1, 0.15) is 11.3 Å². The predicted molar refractivity (Wildman–Crippen MR) is 79.4 cm³/mol. The minimum atomic E-state index is -0.156. The molecule has 0 aliphatic rings. The molecular formula is C15H16FN3S. The van der Waals surface area contributed by atoms with Gasteiger partial charge in [0.15, 0.2) is 4.96 Å². The van der Waals surface area contributed by atoms with Crippen LogP contribution in [0, 0.1) is 11.7 Å². The fourth-order valence-electron chi connectivity index (χ4n) is 2.38. The van der Waals surface area contributed by atoms with E-state index in [1.807, 2.05) is 34.3 Å². The van der Waals surface area contributed by atoms with Gasteiger partial charge in [-0.15, -0.1) is 11.3 Å². The van der Waals surface area contributed by atoms with Crippen molar-refractivity contribution < 1.29 is 4.39 Å². The summed E-state index contributed by atoms with van der Waals surface area (Å²) in [6.07, 6.45) is 5.44. The summed E-state index contributed by atoms with van der Waals surface area (Å²) >= 11 is 1.61. The summed E-state index contributed by atoms with van der Waals surface area (Å²) in [5, 5.41) is 2.01. The number of nitrogens with two attached hydrogens (primary N) is 1. The van der Waals surface area contributed by atoms with Gasteiger partial charge in [-0.05, 0) is 36.9 Å². The van der Waals surface area contributed by atoms with Gasteiger partial charge in [-0.1, -0.05) is 18.2 Å². The first-order chi connectivity index (χ1) is 9.76. The molecule has 0 aliphatic carbocycles. The van der Waals surface area contributed by atoms with Crippen LogP contribution in [-0.4, -0.2) is 15.9 Å². The quantitative estimate of drug-likeness (QED) is 0.785. The maximum Gasteiger partial charge on any atom is 0.193 e. The van der Waals surface area contributed by atoms with E-state index in [1.165, 1.54) is 6.07 Å². The number of fused-ring (bicyclic) bond motifs is 1. The highest BCUT2D eigenvalue weighted by Crippen LogP contribution is 2.18. The largest absolute Gasteiger partial charge is 0.330 e. The fraction of sp³-hybridized carbons (Fsp3) is 0.267. The molecule has 20 heavy (non-hydrogen) atoms. The van der Waals surface area contributed by atoms with Gasteiger partial charge in [0.05, 0.1) is 5.69 Å². The Hall–Kier alpha value is -1.72. The number of halogens is 1. The molecule has 1 atom stereocenters. The molecule has 2 heterocycles. The third-order valence-corrected chi connectivity index (χ3v) is 4.21. The Bertz CT molecular complexity index is 675. The molecule has 0 spiro atoms. The minimum absolute atomic E-state index is 0.156. The standard InChI is InChI=1S/C15H16FN3S/c16-14-4-2-1-3-12(14)7-11(9-17)8-13-10-19-5-6-20-15(19)18-13/h1-6,10-11H,7-9,17H2. The zero-order valence-electron chi connectivity index (χ0n) is 11.0. The van der Waals surface area contributed by atoms with Gasteiger partial charge in [0.2, 0.25) is 0 Å². The molecule has 1 unspecified atom stereocenters. The molecular weight excluding hydrogens is 273 g/mol. The Kier molecular flexibility index (Phi) is 3.80. The van der Waals surface area contributed by atoms with Gasteiger partial charge in [0.25, 0.3) is 0 Å². The Labute approximate surface area is 120 Å². The first-order valence-electron chi connectivity index (χ1n) is 6.61. The molecule has 0 radical (unpaired) electrons. The third kappa shape index (κ3) is 2.73. The van der Waals surface area contributed by atoms with Gasteiger partial charge in [-0.3, -0.25) is 4.40 Å². The lowest BCUT2D eigenvalue weighted by Crippen LogP contribution is -2.20. The number of aromatic nitrogens is 2. The molecule has 3 rings (SSSR count). The van der Waals surface area contributed by atoms with Crippen LogP contribution in [0.5, 0.6) is 0 Å². The normalized spacial score (nSPS) is 12.9. The second-order valence-electron chi connectivity index (χ2n) is 4.93. The predicted octanol–water partition coefficient (Wildman–Crippen LogP) is 2.90. The number of hydrogen-bond acceptors (Lipinski definition) is 3. The van der Waals surface area contributed by atoms with Gasteiger partial charge in [0.1, 0.15) is 5.82 Å². The van der Waals surface area contributed by atoms with Crippen molar-refractivity contribution in [3.05, 3.63) is 59.1 Å². The van der Waals surface area contributed by atoms with Crippen molar-refractivity contribution in [2.75, 3.05) is 6.54 Å². The number of rotatable bonds is 5. The van der Waals surface area contributed by atoms with Crippen LogP contribution >= 0.6 is 11.3 Å². The lowest BCUT2D eigenvalue weighted by molar-refractivity contribution is 0.508. The maximum atomic E-state index is 13.7. The van der Waals surface area contributed by atoms with Crippen LogP contribution in [0.3, 0.4) is 0 Å². The molecule has 104 valence electrons. The van der Waals surface area contributed by atoms with Crippen LogP contribution in [0.25, 0.3) is 4.96 Å². The summed E-state index contributed by atoms with van der Waals surface area (Å²) in [5.74, 6) is 0.0493. The van der Waals surface area contributed by atoms with E-state index in [2.05, 4.69) is 4.98 Å². The summed E-state index contributed by atoms with van der Waals surface area (Å²) < 4.78 is 15.7. The molecule has 0 saturated heterocycles. The Morgan fingerprint density at radius 3 is 2.90 bits per heavy atom. The molecule has 3 nitrogen and oxygen atoms in total. The van der Waals surface area contributed by atoms with Gasteiger partial charge in [0, 0.05) is 17.8 Å². The number of nitrogens with zero attached hydrogens (tertiary/aromatic N) is 2. The molecule has 0 aliphatic heterocycles. The van der Waals surface area contributed by atoms with Crippen LogP contribution in [-0.2, 0) is 12.8 Å². The van der Waals surface area contributed by atoms with Gasteiger partial charge < -0.3 is 5.73 Å². The van der Waals surface area contributed by atoms with Gasteiger partial charge in [-0.25, -0.2) is 9.37 Å². The lowest BCUT2D eigenvalue weighted by atomic mass is 9.95. The van der Waals surface area contributed by atoms with Crippen LogP contribution in [0.2, 0.25) is 0 Å². The number of thiazole rings is 1. The fourth-order valence-corrected chi connectivity index (χ4v) is 3.10. The van der Waals surface area contributed by atoms with E-state index < -0.39 is 0 Å². The summed E-state index contributed by atoms with van der Waals surface area (Å²) in [7, 11) is 0. The van der Waals surface area contributed by atoms with Crippen molar-refractivity contribution in [1.82, 2.24) is 9.38 Å². The van der Waals surface area contributed by atoms with Crippen LogP contribution in [0.15, 0.2) is 42.0 Å². The average molecular weight is 289 g/mol. The second-order valence-corrected chi connectivity index (χ2v) is 5.80. The lowest BCUT2D eigenvalue weighted by Gasteiger charge is -2.13. The highest BCUT2D eigenvalue weighted by Gasteiger charge is 2.14. The Balaban J connectivity index is 1.74. The Morgan fingerprint density at radius 2 is 2.15 bits per heavy atom. The molecule has 1 aromatic carbocycles. The van der Waals surface area contributed by atoms with E-state index in [4.69, 9.17) is 5.73 Å². The molecule has 0 amide bonds. The Morgan fingerprint density at radius 1 is 1.30 bits per heavy atom. The SMILES string of the molecule is NCC(Cc1cn2ccsc2n1)Cc1ccccc1F. The molecule has 0 bridgehead atoms. The number of benzene rings is 1.